The van der Waals surface area contributed by atoms with Gasteiger partial charge in [0.2, 0.25) is 11.2 Å². The first-order chi connectivity index (χ1) is 30.1. The van der Waals surface area contributed by atoms with Crippen LogP contribution >= 0.6 is 34.8 Å². The molecule has 322 valence electrons. The van der Waals surface area contributed by atoms with Crippen molar-refractivity contribution in [3.63, 3.8) is 0 Å². The van der Waals surface area contributed by atoms with Gasteiger partial charge in [-0.25, -0.2) is 19.0 Å². The second kappa shape index (κ2) is 18.9. The lowest BCUT2D eigenvalue weighted by atomic mass is 10.2. The van der Waals surface area contributed by atoms with Crippen LogP contribution in [0.5, 0.6) is 5.75 Å². The number of nitrogens with zero attached hydrogens (tertiary/aromatic N) is 12. The second-order valence-corrected chi connectivity index (χ2v) is 15.9. The van der Waals surface area contributed by atoms with Crippen LogP contribution in [0.4, 0.5) is 29.2 Å². The van der Waals surface area contributed by atoms with Crippen LogP contribution in [0.25, 0.3) is 22.4 Å². The van der Waals surface area contributed by atoms with Crippen LogP contribution in [0.15, 0.2) is 98.1 Å². The van der Waals surface area contributed by atoms with Crippen LogP contribution in [0.1, 0.15) is 31.2 Å². The summed E-state index contributed by atoms with van der Waals surface area (Å²) in [6.07, 6.45) is 14.8. The van der Waals surface area contributed by atoms with E-state index in [1.165, 1.54) is 0 Å². The number of benzene rings is 2. The Morgan fingerprint density at radius 2 is 1.35 bits per heavy atom. The number of imidazole rings is 2. The lowest BCUT2D eigenvalue weighted by Gasteiger charge is -2.25. The molecule has 0 saturated carbocycles. The zero-order chi connectivity index (χ0) is 43.3. The number of methoxy groups -OCH3 is 1. The molecule has 20 heteroatoms. The number of nitrogen functional groups attached to an aromatic ring is 1. The molecule has 2 aliphatic rings. The molecule has 2 fully saturated rings. The van der Waals surface area contributed by atoms with Gasteiger partial charge >= 0.3 is 0 Å². The normalized spacial score (nSPS) is 16.0. The van der Waals surface area contributed by atoms with E-state index >= 15 is 0 Å². The number of nitrogens with one attached hydrogen (secondary N) is 1. The van der Waals surface area contributed by atoms with E-state index in [-0.39, 0.29) is 30.6 Å². The van der Waals surface area contributed by atoms with Gasteiger partial charge in [-0.3, -0.25) is 0 Å². The number of rotatable bonds is 9. The highest BCUT2D eigenvalue weighted by atomic mass is 35.5. The molecule has 0 amide bonds. The number of hydrogen-bond acceptors (Lipinski definition) is 13. The lowest BCUT2D eigenvalue weighted by molar-refractivity contribution is 0.266. The number of fused-ring (bicyclic) bond motifs is 2. The SMILES string of the molecule is COc1cc(-n2cnc(N)c2)ccc1Cl.Cc1cc(-n2cnc(Nc3nc(N4CCC[C@H]4CO)c4cccn4n3)c2)ccc1Cl.OC[C@@H]1CCCN1c1nc(Cl)nn2cccc12. The molecule has 0 aliphatic carbocycles. The molecule has 2 saturated heterocycles. The smallest absolute Gasteiger partial charge is 0.248 e. The fraction of sp³-hybridized carbons (Fsp3) is 0.286. The van der Waals surface area contributed by atoms with E-state index in [1.54, 1.807) is 45.6 Å². The Kier molecular flexibility index (Phi) is 13.0. The number of nitrogens with two attached hydrogens (primary N) is 1. The average Bonchev–Trinajstić information content (AvgIpc) is 4.13. The van der Waals surface area contributed by atoms with E-state index in [9.17, 15) is 10.2 Å². The number of aromatic nitrogens is 10. The summed E-state index contributed by atoms with van der Waals surface area (Å²) in [4.78, 5) is 21.7. The number of halogens is 3. The summed E-state index contributed by atoms with van der Waals surface area (Å²) in [5.41, 5.74) is 10.3. The molecule has 8 heterocycles. The Bertz CT molecular complexity index is 2790. The van der Waals surface area contributed by atoms with Crippen LogP contribution in [-0.2, 0) is 0 Å². The molecule has 0 radical (unpaired) electrons. The van der Waals surface area contributed by atoms with Crippen molar-refractivity contribution in [2.24, 2.45) is 0 Å². The van der Waals surface area contributed by atoms with Gasteiger partial charge in [0.25, 0.3) is 0 Å². The Hall–Kier alpha value is -6.11. The number of aliphatic hydroxyl groups excluding tert-OH is 2. The van der Waals surface area contributed by atoms with Gasteiger partial charge in [0.05, 0.1) is 55.5 Å². The third-order valence-electron chi connectivity index (χ3n) is 10.7. The average molecular weight is 900 g/mol. The van der Waals surface area contributed by atoms with E-state index in [1.807, 2.05) is 84.7 Å². The first-order valence-corrected chi connectivity index (χ1v) is 21.1. The Morgan fingerprint density at radius 3 is 1.97 bits per heavy atom. The third kappa shape index (κ3) is 9.22. The van der Waals surface area contributed by atoms with Gasteiger partial charge in [-0.1, -0.05) is 23.2 Å². The molecule has 2 atom stereocenters. The molecule has 0 unspecified atom stereocenters. The molecule has 0 spiro atoms. The number of anilines is 5. The molecule has 10 rings (SSSR count). The summed E-state index contributed by atoms with van der Waals surface area (Å²) in [5, 5.41) is 32.5. The Morgan fingerprint density at radius 1 is 0.758 bits per heavy atom. The first kappa shape index (κ1) is 42.6. The summed E-state index contributed by atoms with van der Waals surface area (Å²) < 4.78 is 12.4. The second-order valence-electron chi connectivity index (χ2n) is 14.7. The monoisotopic (exact) mass is 898 g/mol. The van der Waals surface area contributed by atoms with Crippen LogP contribution in [-0.4, -0.2) is 104 Å². The van der Waals surface area contributed by atoms with Crippen molar-refractivity contribution in [2.75, 3.05) is 54.3 Å². The van der Waals surface area contributed by atoms with Gasteiger partial charge in [0.15, 0.2) is 17.5 Å². The minimum Gasteiger partial charge on any atom is -0.495 e. The maximum atomic E-state index is 9.74. The number of hydrogen-bond donors (Lipinski definition) is 4. The van der Waals surface area contributed by atoms with E-state index in [4.69, 9.17) is 50.3 Å². The van der Waals surface area contributed by atoms with Crippen molar-refractivity contribution >= 4 is 75.1 Å². The van der Waals surface area contributed by atoms with E-state index in [2.05, 4.69) is 40.3 Å². The van der Waals surface area contributed by atoms with Gasteiger partial charge in [-0.2, -0.15) is 9.97 Å². The fourth-order valence-electron chi connectivity index (χ4n) is 7.62. The summed E-state index contributed by atoms with van der Waals surface area (Å²) in [7, 11) is 1.58. The number of aryl methyl sites for hydroxylation is 1. The predicted octanol–water partition coefficient (Wildman–Crippen LogP) is 7.04. The van der Waals surface area contributed by atoms with Crippen molar-refractivity contribution in [3.05, 3.63) is 119 Å². The highest BCUT2D eigenvalue weighted by Crippen LogP contribution is 2.31. The van der Waals surface area contributed by atoms with E-state index in [0.29, 0.717) is 28.4 Å². The summed E-state index contributed by atoms with van der Waals surface area (Å²) in [6.45, 7) is 4.01. The molecule has 6 aromatic heterocycles. The third-order valence-corrected chi connectivity index (χ3v) is 11.6. The van der Waals surface area contributed by atoms with Crippen molar-refractivity contribution in [3.8, 4) is 17.1 Å². The van der Waals surface area contributed by atoms with Crippen molar-refractivity contribution in [1.82, 2.24) is 48.3 Å². The maximum Gasteiger partial charge on any atom is 0.248 e. The van der Waals surface area contributed by atoms with Crippen molar-refractivity contribution in [1.29, 1.82) is 0 Å². The summed E-state index contributed by atoms with van der Waals surface area (Å²) >= 11 is 18.0. The molecular formula is C42H45Cl3N14O3. The fourth-order valence-corrected chi connectivity index (χ4v) is 8.09. The molecule has 5 N–H and O–H groups in total. The molecule has 8 aromatic rings. The Balaban J connectivity index is 0.000000140. The minimum absolute atomic E-state index is 0.0822. The van der Waals surface area contributed by atoms with Gasteiger partial charge < -0.3 is 44.9 Å². The maximum absolute atomic E-state index is 9.74. The predicted molar refractivity (Wildman–Crippen MR) is 242 cm³/mol. The summed E-state index contributed by atoms with van der Waals surface area (Å²) in [6, 6.07) is 19.3. The molecule has 2 aromatic carbocycles. The van der Waals surface area contributed by atoms with Crippen LogP contribution in [0, 0.1) is 6.92 Å². The zero-order valence-corrected chi connectivity index (χ0v) is 36.2. The molecule has 2 aliphatic heterocycles. The topological polar surface area (TPSA) is 190 Å². The van der Waals surface area contributed by atoms with E-state index in [0.717, 1.165) is 83.4 Å². The van der Waals surface area contributed by atoms with Crippen LogP contribution in [0.2, 0.25) is 15.3 Å². The van der Waals surface area contributed by atoms with Gasteiger partial charge in [-0.05, 0) is 104 Å². The number of ether oxygens (including phenoxy) is 1. The molecule has 62 heavy (non-hydrogen) atoms. The highest BCUT2D eigenvalue weighted by Gasteiger charge is 2.28. The zero-order valence-electron chi connectivity index (χ0n) is 33.9. The van der Waals surface area contributed by atoms with Gasteiger partial charge in [-0.15, -0.1) is 10.2 Å². The Labute approximate surface area is 371 Å². The summed E-state index contributed by atoms with van der Waals surface area (Å²) in [5.74, 6) is 3.83. The van der Waals surface area contributed by atoms with Crippen LogP contribution < -0.4 is 25.6 Å². The molecular weight excluding hydrogens is 855 g/mol. The lowest BCUT2D eigenvalue weighted by Crippen LogP contribution is -2.33. The van der Waals surface area contributed by atoms with Crippen molar-refractivity contribution < 1.29 is 14.9 Å². The van der Waals surface area contributed by atoms with Gasteiger partial charge in [0.1, 0.15) is 35.3 Å². The highest BCUT2D eigenvalue weighted by molar-refractivity contribution is 6.32. The van der Waals surface area contributed by atoms with Crippen LogP contribution in [0.3, 0.4) is 0 Å². The molecule has 17 nitrogen and oxygen atoms in total. The quantitative estimate of drug-likeness (QED) is 0.116. The van der Waals surface area contributed by atoms with Crippen molar-refractivity contribution in [2.45, 2.75) is 44.7 Å². The van der Waals surface area contributed by atoms with E-state index < -0.39 is 0 Å². The largest absolute Gasteiger partial charge is 0.495 e. The first-order valence-electron chi connectivity index (χ1n) is 19.9. The molecule has 0 bridgehead atoms. The standard InChI is InChI=1S/C21H22ClN7O.C11H13ClN4O.C10H10ClN3O/c1-14-10-15(6-7-17(14)22)27-11-19(23-13-27)24-21-25-20(18-5-3-9-29(18)26-21)28-8-2-4-16(28)12-30;12-11-13-10(9-4-2-6-16(9)14-11)15-5-1-3-8(15)7-17;1-15-9-4-7(2-3-8(9)11)14-5-10(12)13-6-14/h3,5-7,9-11,13,16,30H,2,4,8,12H2,1H3,(H,24,26);2,4,6,8,17H,1,3,5,7H2;2-6H,12H2,1H3/t16-;8-;/m00./s1. The van der Waals surface area contributed by atoms with Gasteiger partial charge in [0, 0.05) is 42.3 Å². The number of aliphatic hydroxyl groups is 2. The minimum atomic E-state index is 0.0822.